The van der Waals surface area contributed by atoms with Gasteiger partial charge in [-0.15, -0.1) is 0 Å². The number of anilines is 1. The van der Waals surface area contributed by atoms with Crippen molar-refractivity contribution in [1.29, 1.82) is 0 Å². The van der Waals surface area contributed by atoms with E-state index in [1.807, 2.05) is 42.5 Å². The Morgan fingerprint density at radius 1 is 0.714 bits per heavy atom. The van der Waals surface area contributed by atoms with E-state index in [-0.39, 0.29) is 17.6 Å². The van der Waals surface area contributed by atoms with Gasteiger partial charge < -0.3 is 9.47 Å². The van der Waals surface area contributed by atoms with E-state index < -0.39 is 0 Å². The third kappa shape index (κ3) is 6.54. The molecule has 1 aliphatic rings. The number of benzene rings is 3. The van der Waals surface area contributed by atoms with E-state index in [9.17, 15) is 14.4 Å². The number of ether oxygens (including phenoxy) is 2. The van der Waals surface area contributed by atoms with Crippen molar-refractivity contribution in [3.63, 3.8) is 0 Å². The lowest BCUT2D eigenvalue weighted by molar-refractivity contribution is -0.119. The number of amides is 2. The van der Waals surface area contributed by atoms with Gasteiger partial charge in [-0.3, -0.25) is 14.4 Å². The molecule has 0 spiro atoms. The summed E-state index contributed by atoms with van der Waals surface area (Å²) >= 11 is 0. The molecule has 2 amide bonds. The van der Waals surface area contributed by atoms with Gasteiger partial charge in [0.25, 0.3) is 11.8 Å². The van der Waals surface area contributed by atoms with Crippen molar-refractivity contribution in [1.82, 2.24) is 0 Å². The molecule has 3 aromatic carbocycles. The van der Waals surface area contributed by atoms with E-state index in [2.05, 4.69) is 0 Å². The van der Waals surface area contributed by atoms with Crippen LogP contribution < -0.4 is 14.4 Å². The molecular formula is C29H25NO5. The molecule has 0 N–H and O–H groups in total. The molecule has 0 fully saturated rings. The Kier molecular flexibility index (Phi) is 7.86. The molecule has 0 radical (unpaired) electrons. The Morgan fingerprint density at radius 2 is 1.26 bits per heavy atom. The standard InChI is InChI=1S/C29H25NO5/c31-27(23-6-2-1-3-7-23)17-10-22-8-13-25(14-9-22)34-20-4-5-21-35-26-15-11-24(12-16-26)30-28(32)18-19-29(30)33/h1-3,6-19H,4-5,20-21H2. The molecule has 4 rings (SSSR count). The molecule has 6 heteroatoms. The highest BCUT2D eigenvalue weighted by molar-refractivity contribution is 6.28. The molecule has 0 bridgehead atoms. The summed E-state index contributed by atoms with van der Waals surface area (Å²) in [4.78, 5) is 36.7. The Balaban J connectivity index is 1.13. The summed E-state index contributed by atoms with van der Waals surface area (Å²) in [6.07, 6.45) is 7.53. The first kappa shape index (κ1) is 23.7. The van der Waals surface area contributed by atoms with Gasteiger partial charge in [0.2, 0.25) is 0 Å². The van der Waals surface area contributed by atoms with E-state index in [4.69, 9.17) is 9.47 Å². The zero-order valence-electron chi connectivity index (χ0n) is 19.1. The number of carbonyl (C=O) groups excluding carboxylic acids is 3. The van der Waals surface area contributed by atoms with Crippen LogP contribution in [0.2, 0.25) is 0 Å². The van der Waals surface area contributed by atoms with Crippen LogP contribution in [0.15, 0.2) is 97.1 Å². The fourth-order valence-corrected chi connectivity index (χ4v) is 3.48. The van der Waals surface area contributed by atoms with Crippen LogP contribution in [-0.4, -0.2) is 30.8 Å². The molecule has 0 saturated carbocycles. The lowest BCUT2D eigenvalue weighted by Crippen LogP contribution is -2.29. The first-order valence-electron chi connectivity index (χ1n) is 11.4. The van der Waals surface area contributed by atoms with E-state index in [0.29, 0.717) is 30.2 Å². The Labute approximate surface area is 204 Å². The van der Waals surface area contributed by atoms with E-state index in [0.717, 1.165) is 29.1 Å². The minimum absolute atomic E-state index is 0.0295. The number of imide groups is 1. The second-order valence-corrected chi connectivity index (χ2v) is 7.88. The van der Waals surface area contributed by atoms with Gasteiger partial charge in [-0.05, 0) is 60.9 Å². The largest absolute Gasteiger partial charge is 0.494 e. The van der Waals surface area contributed by atoms with E-state index in [1.165, 1.54) is 12.2 Å². The maximum Gasteiger partial charge on any atom is 0.258 e. The highest BCUT2D eigenvalue weighted by atomic mass is 16.5. The maximum absolute atomic E-state index is 12.1. The van der Waals surface area contributed by atoms with Gasteiger partial charge in [-0.25, -0.2) is 4.90 Å². The normalized spacial score (nSPS) is 13.0. The van der Waals surface area contributed by atoms with Crippen molar-refractivity contribution in [2.45, 2.75) is 12.8 Å². The summed E-state index contributed by atoms with van der Waals surface area (Å²) in [6.45, 7) is 1.10. The summed E-state index contributed by atoms with van der Waals surface area (Å²) < 4.78 is 11.5. The van der Waals surface area contributed by atoms with Gasteiger partial charge in [0.1, 0.15) is 11.5 Å². The van der Waals surface area contributed by atoms with Crippen LogP contribution in [0.25, 0.3) is 6.08 Å². The molecule has 0 atom stereocenters. The van der Waals surface area contributed by atoms with Crippen molar-refractivity contribution >= 4 is 29.4 Å². The lowest BCUT2D eigenvalue weighted by atomic mass is 10.1. The minimum Gasteiger partial charge on any atom is -0.494 e. The summed E-state index contributed by atoms with van der Waals surface area (Å²) in [7, 11) is 0. The predicted molar refractivity (Wildman–Crippen MR) is 135 cm³/mol. The Bertz CT molecular complexity index is 1210. The van der Waals surface area contributed by atoms with E-state index >= 15 is 0 Å². The minimum atomic E-state index is -0.340. The molecule has 0 saturated heterocycles. The van der Waals surface area contributed by atoms with Crippen molar-refractivity contribution in [2.75, 3.05) is 18.1 Å². The number of unbranched alkanes of at least 4 members (excludes halogenated alkanes) is 1. The van der Waals surface area contributed by atoms with Gasteiger partial charge in [-0.2, -0.15) is 0 Å². The van der Waals surface area contributed by atoms with Gasteiger partial charge in [-0.1, -0.05) is 48.5 Å². The molecule has 1 aliphatic heterocycles. The van der Waals surface area contributed by atoms with Crippen molar-refractivity contribution in [2.24, 2.45) is 0 Å². The second-order valence-electron chi connectivity index (χ2n) is 7.88. The van der Waals surface area contributed by atoms with Crippen LogP contribution >= 0.6 is 0 Å². The Morgan fingerprint density at radius 3 is 1.83 bits per heavy atom. The van der Waals surface area contributed by atoms with Crippen molar-refractivity contribution in [3.8, 4) is 11.5 Å². The SMILES string of the molecule is O=C(C=Cc1ccc(OCCCCOc2ccc(N3C(=O)C=CC3=O)cc2)cc1)c1ccccc1. The second kappa shape index (κ2) is 11.6. The monoisotopic (exact) mass is 467 g/mol. The highest BCUT2D eigenvalue weighted by Crippen LogP contribution is 2.22. The fraction of sp³-hybridized carbons (Fsp3) is 0.138. The van der Waals surface area contributed by atoms with Crippen LogP contribution in [0.1, 0.15) is 28.8 Å². The Hall–Kier alpha value is -4.45. The quantitative estimate of drug-likeness (QED) is 0.167. The maximum atomic E-state index is 12.1. The zero-order valence-corrected chi connectivity index (χ0v) is 19.1. The molecule has 0 aromatic heterocycles. The number of hydrogen-bond acceptors (Lipinski definition) is 5. The van der Waals surface area contributed by atoms with Crippen molar-refractivity contribution < 1.29 is 23.9 Å². The predicted octanol–water partition coefficient (Wildman–Crippen LogP) is 5.25. The van der Waals surface area contributed by atoms with Crippen LogP contribution in [0.4, 0.5) is 5.69 Å². The molecule has 1 heterocycles. The van der Waals surface area contributed by atoms with Crippen molar-refractivity contribution in [3.05, 3.63) is 108 Å². The van der Waals surface area contributed by atoms with Crippen LogP contribution in [0.5, 0.6) is 11.5 Å². The highest BCUT2D eigenvalue weighted by Gasteiger charge is 2.24. The third-order valence-corrected chi connectivity index (χ3v) is 5.35. The number of ketones is 1. The van der Waals surface area contributed by atoms with Gasteiger partial charge in [0.15, 0.2) is 5.78 Å². The summed E-state index contributed by atoms with van der Waals surface area (Å²) in [5.74, 6) is 0.740. The molecular weight excluding hydrogens is 442 g/mol. The number of carbonyl (C=O) groups is 3. The lowest BCUT2D eigenvalue weighted by Gasteiger charge is -2.14. The number of rotatable bonds is 11. The zero-order chi connectivity index (χ0) is 24.5. The summed E-state index contributed by atoms with van der Waals surface area (Å²) in [5.41, 5.74) is 2.11. The van der Waals surface area contributed by atoms with Gasteiger partial charge in [0.05, 0.1) is 18.9 Å². The average Bonchev–Trinajstić information content (AvgIpc) is 3.24. The molecule has 0 aliphatic carbocycles. The van der Waals surface area contributed by atoms with Gasteiger partial charge in [0, 0.05) is 17.7 Å². The molecule has 176 valence electrons. The smallest absolute Gasteiger partial charge is 0.258 e. The number of allylic oxidation sites excluding steroid dienone is 1. The van der Waals surface area contributed by atoms with E-state index in [1.54, 1.807) is 48.6 Å². The molecule has 35 heavy (non-hydrogen) atoms. The number of hydrogen-bond donors (Lipinski definition) is 0. The topological polar surface area (TPSA) is 72.9 Å². The van der Waals surface area contributed by atoms with Crippen LogP contribution in [0, 0.1) is 0 Å². The molecule has 0 unspecified atom stereocenters. The fourth-order valence-electron chi connectivity index (χ4n) is 3.48. The van der Waals surface area contributed by atoms with Crippen LogP contribution in [0.3, 0.4) is 0 Å². The third-order valence-electron chi connectivity index (χ3n) is 5.35. The first-order chi connectivity index (χ1) is 17.1. The summed E-state index contributed by atoms with van der Waals surface area (Å²) in [6, 6.07) is 23.6. The van der Waals surface area contributed by atoms with Crippen LogP contribution in [-0.2, 0) is 9.59 Å². The average molecular weight is 468 g/mol. The molecule has 3 aromatic rings. The first-order valence-corrected chi connectivity index (χ1v) is 11.4. The summed E-state index contributed by atoms with van der Waals surface area (Å²) in [5, 5.41) is 0. The molecule has 6 nitrogen and oxygen atoms in total. The van der Waals surface area contributed by atoms with Gasteiger partial charge >= 0.3 is 0 Å². The number of nitrogens with zero attached hydrogens (tertiary/aromatic N) is 1.